The number of halogens is 2. The Morgan fingerprint density at radius 2 is 2.00 bits per heavy atom. The predicted octanol–water partition coefficient (Wildman–Crippen LogP) is 4.06. The molecule has 1 saturated heterocycles. The van der Waals surface area contributed by atoms with Crippen molar-refractivity contribution in [3.63, 3.8) is 0 Å². The van der Waals surface area contributed by atoms with Crippen molar-refractivity contribution in [2.75, 3.05) is 30.7 Å². The van der Waals surface area contributed by atoms with E-state index in [1.807, 2.05) is 32.9 Å². The van der Waals surface area contributed by atoms with Crippen LogP contribution in [0.3, 0.4) is 0 Å². The number of nitrogens with one attached hydrogen (secondary N) is 1. The third kappa shape index (κ3) is 5.76. The van der Waals surface area contributed by atoms with Gasteiger partial charge in [-0.3, -0.25) is 0 Å². The van der Waals surface area contributed by atoms with Crippen LogP contribution in [0.5, 0.6) is 0 Å². The van der Waals surface area contributed by atoms with Crippen molar-refractivity contribution in [1.82, 2.24) is 4.90 Å². The van der Waals surface area contributed by atoms with Crippen LogP contribution in [0.2, 0.25) is 0 Å². The quantitative estimate of drug-likeness (QED) is 0.799. The van der Waals surface area contributed by atoms with Gasteiger partial charge in [-0.2, -0.15) is 0 Å². The summed E-state index contributed by atoms with van der Waals surface area (Å²) in [6.07, 6.45) is -1.11. The second-order valence-corrected chi connectivity index (χ2v) is 7.36. The summed E-state index contributed by atoms with van der Waals surface area (Å²) in [7, 11) is 0. The third-order valence-electron chi connectivity index (χ3n) is 4.14. The van der Waals surface area contributed by atoms with Crippen LogP contribution in [0.4, 0.5) is 25.0 Å². The Morgan fingerprint density at radius 3 is 2.56 bits per heavy atom. The highest BCUT2D eigenvalue weighted by molar-refractivity contribution is 5.69. The summed E-state index contributed by atoms with van der Waals surface area (Å²) in [5, 5.41) is 2.69. The fraction of sp³-hybridized carbons (Fsp3) is 0.611. The van der Waals surface area contributed by atoms with E-state index in [1.54, 1.807) is 11.0 Å². The van der Waals surface area contributed by atoms with E-state index in [9.17, 15) is 13.6 Å². The smallest absolute Gasteiger partial charge is 0.410 e. The Balaban J connectivity index is 1.96. The van der Waals surface area contributed by atoms with Gasteiger partial charge in [-0.1, -0.05) is 6.07 Å². The summed E-state index contributed by atoms with van der Waals surface area (Å²) < 4.78 is 30.2. The Kier molecular flexibility index (Phi) is 6.08. The van der Waals surface area contributed by atoms with Gasteiger partial charge in [0.15, 0.2) is 0 Å². The molecule has 0 spiro atoms. The molecule has 0 aliphatic carbocycles. The van der Waals surface area contributed by atoms with Crippen LogP contribution < -0.4 is 11.1 Å². The van der Waals surface area contributed by atoms with E-state index in [1.165, 1.54) is 0 Å². The number of amides is 1. The molecule has 140 valence electrons. The minimum atomic E-state index is -2.43. The monoisotopic (exact) mass is 355 g/mol. The summed E-state index contributed by atoms with van der Waals surface area (Å²) in [5.74, 6) is 0.270. The SMILES string of the molecule is CC(C)(C)OC(=O)N1CCC(c2ccc(N)c(NCC(F)F)c2)CC1. The van der Waals surface area contributed by atoms with Crippen LogP contribution in [-0.4, -0.2) is 42.7 Å². The maximum absolute atomic E-state index is 12.4. The van der Waals surface area contributed by atoms with Gasteiger partial charge >= 0.3 is 6.09 Å². The Bertz CT molecular complexity index is 594. The third-order valence-corrected chi connectivity index (χ3v) is 4.14. The number of rotatable bonds is 4. The molecule has 7 heteroatoms. The second-order valence-electron chi connectivity index (χ2n) is 7.36. The highest BCUT2D eigenvalue weighted by atomic mass is 19.3. The average molecular weight is 355 g/mol. The van der Waals surface area contributed by atoms with E-state index in [-0.39, 0.29) is 12.0 Å². The van der Waals surface area contributed by atoms with Gasteiger partial charge in [-0.05, 0) is 57.2 Å². The number of hydrogen-bond acceptors (Lipinski definition) is 4. The van der Waals surface area contributed by atoms with Gasteiger partial charge in [0.25, 0.3) is 6.43 Å². The fourth-order valence-electron chi connectivity index (χ4n) is 2.89. The number of alkyl halides is 2. The number of likely N-dealkylation sites (tertiary alicyclic amines) is 1. The van der Waals surface area contributed by atoms with Crippen LogP contribution in [0.15, 0.2) is 18.2 Å². The van der Waals surface area contributed by atoms with Gasteiger partial charge in [0.05, 0.1) is 17.9 Å². The molecule has 0 aromatic heterocycles. The number of carbonyl (C=O) groups is 1. The molecule has 5 nitrogen and oxygen atoms in total. The van der Waals surface area contributed by atoms with Crippen molar-refractivity contribution in [1.29, 1.82) is 0 Å². The van der Waals surface area contributed by atoms with Crippen molar-refractivity contribution in [2.24, 2.45) is 0 Å². The number of anilines is 2. The first-order valence-electron chi connectivity index (χ1n) is 8.55. The standard InChI is InChI=1S/C18H27F2N3O2/c1-18(2,3)25-17(24)23-8-6-12(7-9-23)13-4-5-14(21)15(10-13)22-11-16(19)20/h4-5,10,12,16,22H,6-9,11,21H2,1-3H3. The first-order chi connectivity index (χ1) is 11.7. The molecular weight excluding hydrogens is 328 g/mol. The number of benzene rings is 1. The van der Waals surface area contributed by atoms with E-state index in [4.69, 9.17) is 10.5 Å². The van der Waals surface area contributed by atoms with Gasteiger partial charge in [0.2, 0.25) is 0 Å². The van der Waals surface area contributed by atoms with Crippen molar-refractivity contribution in [3.8, 4) is 0 Å². The highest BCUT2D eigenvalue weighted by Gasteiger charge is 2.27. The topological polar surface area (TPSA) is 67.6 Å². The molecule has 1 fully saturated rings. The molecule has 0 unspecified atom stereocenters. The molecule has 0 saturated carbocycles. The molecule has 1 aromatic rings. The van der Waals surface area contributed by atoms with Gasteiger partial charge in [-0.15, -0.1) is 0 Å². The number of piperidine rings is 1. The van der Waals surface area contributed by atoms with Crippen molar-refractivity contribution < 1.29 is 18.3 Å². The Morgan fingerprint density at radius 1 is 1.36 bits per heavy atom. The lowest BCUT2D eigenvalue weighted by molar-refractivity contribution is 0.0205. The van der Waals surface area contributed by atoms with E-state index in [0.717, 1.165) is 18.4 Å². The molecule has 0 atom stereocenters. The van der Waals surface area contributed by atoms with Gasteiger partial charge < -0.3 is 20.7 Å². The Hall–Kier alpha value is -2.05. The summed E-state index contributed by atoms with van der Waals surface area (Å²) in [5.41, 5.74) is 7.38. The molecule has 1 aromatic carbocycles. The molecule has 0 radical (unpaired) electrons. The van der Waals surface area contributed by atoms with Gasteiger partial charge in [-0.25, -0.2) is 13.6 Å². The van der Waals surface area contributed by atoms with Crippen LogP contribution in [0, 0.1) is 0 Å². The van der Waals surface area contributed by atoms with Crippen LogP contribution in [-0.2, 0) is 4.74 Å². The lowest BCUT2D eigenvalue weighted by Crippen LogP contribution is -2.41. The number of nitrogens with two attached hydrogens (primary N) is 1. The van der Waals surface area contributed by atoms with Crippen LogP contribution in [0.1, 0.15) is 45.1 Å². The predicted molar refractivity (Wildman–Crippen MR) is 95.1 cm³/mol. The molecule has 1 aliphatic rings. The highest BCUT2D eigenvalue weighted by Crippen LogP contribution is 2.32. The number of ether oxygens (including phenoxy) is 1. The zero-order valence-corrected chi connectivity index (χ0v) is 15.0. The van der Waals surface area contributed by atoms with Crippen molar-refractivity contribution in [2.45, 2.75) is 51.6 Å². The minimum absolute atomic E-state index is 0.270. The Labute approximate surface area is 147 Å². The van der Waals surface area contributed by atoms with Crippen LogP contribution in [0.25, 0.3) is 0 Å². The molecule has 0 bridgehead atoms. The van der Waals surface area contributed by atoms with E-state index in [2.05, 4.69) is 5.32 Å². The molecule has 3 N–H and O–H groups in total. The average Bonchev–Trinajstić information content (AvgIpc) is 2.52. The van der Waals surface area contributed by atoms with Crippen molar-refractivity contribution >= 4 is 17.5 Å². The maximum Gasteiger partial charge on any atom is 0.410 e. The largest absolute Gasteiger partial charge is 0.444 e. The molecular formula is C18H27F2N3O2. The number of nitrogens with zero attached hydrogens (tertiary/aromatic N) is 1. The summed E-state index contributed by atoms with van der Waals surface area (Å²) in [6, 6.07) is 5.51. The number of hydrogen-bond donors (Lipinski definition) is 2. The first-order valence-corrected chi connectivity index (χ1v) is 8.55. The number of nitrogen functional groups attached to an aromatic ring is 1. The molecule has 1 heterocycles. The molecule has 25 heavy (non-hydrogen) atoms. The van der Waals surface area contributed by atoms with Crippen LogP contribution >= 0.6 is 0 Å². The lowest BCUT2D eigenvalue weighted by Gasteiger charge is -2.33. The lowest BCUT2D eigenvalue weighted by atomic mass is 9.89. The second kappa shape index (κ2) is 7.89. The normalized spacial score (nSPS) is 16.2. The summed E-state index contributed by atoms with van der Waals surface area (Å²) >= 11 is 0. The molecule has 2 rings (SSSR count). The van der Waals surface area contributed by atoms with E-state index >= 15 is 0 Å². The maximum atomic E-state index is 12.4. The van der Waals surface area contributed by atoms with Crippen molar-refractivity contribution in [3.05, 3.63) is 23.8 Å². The zero-order chi connectivity index (χ0) is 18.6. The molecule has 1 aliphatic heterocycles. The molecule has 1 amide bonds. The summed E-state index contributed by atoms with van der Waals surface area (Å²) in [4.78, 5) is 13.8. The minimum Gasteiger partial charge on any atom is -0.444 e. The number of carbonyl (C=O) groups excluding carboxylic acids is 1. The summed E-state index contributed by atoms with van der Waals surface area (Å²) in [6.45, 7) is 6.35. The van der Waals surface area contributed by atoms with E-state index < -0.39 is 18.6 Å². The van der Waals surface area contributed by atoms with Gasteiger partial charge in [0, 0.05) is 13.1 Å². The first kappa shape index (κ1) is 19.3. The van der Waals surface area contributed by atoms with Gasteiger partial charge in [0.1, 0.15) is 5.60 Å². The van der Waals surface area contributed by atoms with E-state index in [0.29, 0.717) is 24.5 Å². The zero-order valence-electron chi connectivity index (χ0n) is 15.0. The fourth-order valence-corrected chi connectivity index (χ4v) is 2.89.